The highest BCUT2D eigenvalue weighted by atomic mass is 31.2. The van der Waals surface area contributed by atoms with Crippen molar-refractivity contribution in [3.8, 4) is 0 Å². The highest BCUT2D eigenvalue weighted by Crippen LogP contribution is 2.43. The van der Waals surface area contributed by atoms with Gasteiger partial charge in [-0.3, -0.25) is 13.8 Å². The lowest BCUT2D eigenvalue weighted by Crippen LogP contribution is -2.45. The van der Waals surface area contributed by atoms with Gasteiger partial charge in [-0.1, -0.05) is 319 Å². The minimum absolute atomic E-state index is 0.0540. The monoisotopic (exact) mass is 1150 g/mol. The van der Waals surface area contributed by atoms with Gasteiger partial charge < -0.3 is 19.8 Å². The van der Waals surface area contributed by atoms with Crippen LogP contribution in [0.1, 0.15) is 348 Å². The Morgan fingerprint density at radius 1 is 0.412 bits per heavy atom. The number of phosphoric acid groups is 1. The summed E-state index contributed by atoms with van der Waals surface area (Å²) in [6.07, 6.45) is 84.3. The third-order valence-electron chi connectivity index (χ3n) is 16.0. The highest BCUT2D eigenvalue weighted by molar-refractivity contribution is 7.47. The lowest BCUT2D eigenvalue weighted by Gasteiger charge is -2.25. The number of rotatable bonds is 65. The number of hydrogen-bond acceptors (Lipinski definition) is 5. The van der Waals surface area contributed by atoms with Crippen molar-refractivity contribution in [1.29, 1.82) is 0 Å². The highest BCUT2D eigenvalue weighted by Gasteiger charge is 2.28. The molecule has 3 atom stereocenters. The van der Waals surface area contributed by atoms with Crippen molar-refractivity contribution in [1.82, 2.24) is 5.32 Å². The maximum absolute atomic E-state index is 13.0. The average molecular weight is 1150 g/mol. The molecule has 0 heterocycles. The lowest BCUT2D eigenvalue weighted by atomic mass is 10.0. The molecule has 0 rings (SSSR count). The molecule has 0 saturated heterocycles. The number of amides is 1. The number of unbranched alkanes of at least 4 members (excludes halogenated alkanes) is 46. The molecule has 0 aliphatic rings. The van der Waals surface area contributed by atoms with Gasteiger partial charge in [-0.2, -0.15) is 0 Å². The Morgan fingerprint density at radius 2 is 0.688 bits per heavy atom. The van der Waals surface area contributed by atoms with Gasteiger partial charge in [-0.05, 0) is 70.6 Å². The molecule has 0 aliphatic carbocycles. The summed E-state index contributed by atoms with van der Waals surface area (Å²) in [5.74, 6) is -0.186. The summed E-state index contributed by atoms with van der Waals surface area (Å²) in [5, 5.41) is 13.9. The SMILES string of the molecule is CCCCCCCCCCC/C=C/CC/C=C/CC/C=C/C(O)C(COP(=O)(O)OCC[N+](C)(C)C)NC(=O)CCCCCCCCCCCCCCCCCCC/C=C\CCCCCCCCCCCCCCCCCCCC. The van der Waals surface area contributed by atoms with Crippen molar-refractivity contribution in [3.05, 3.63) is 48.6 Å². The Bertz CT molecular complexity index is 1440. The van der Waals surface area contributed by atoms with Crippen molar-refractivity contribution in [2.75, 3.05) is 40.9 Å². The summed E-state index contributed by atoms with van der Waals surface area (Å²) < 4.78 is 23.7. The van der Waals surface area contributed by atoms with E-state index >= 15 is 0 Å². The zero-order valence-electron chi connectivity index (χ0n) is 54.1. The summed E-state index contributed by atoms with van der Waals surface area (Å²) in [5.41, 5.74) is 0. The molecular weight excluding hydrogens is 1010 g/mol. The first-order valence-corrected chi connectivity index (χ1v) is 36.5. The molecule has 472 valence electrons. The predicted octanol–water partition coefficient (Wildman–Crippen LogP) is 22.2. The second-order valence-corrected chi connectivity index (χ2v) is 26.7. The third kappa shape index (κ3) is 64.0. The van der Waals surface area contributed by atoms with E-state index in [1.165, 1.54) is 283 Å². The van der Waals surface area contributed by atoms with E-state index in [0.29, 0.717) is 17.4 Å². The lowest BCUT2D eigenvalue weighted by molar-refractivity contribution is -0.870. The maximum atomic E-state index is 13.0. The van der Waals surface area contributed by atoms with Gasteiger partial charge >= 0.3 is 7.82 Å². The van der Waals surface area contributed by atoms with Crippen molar-refractivity contribution in [3.63, 3.8) is 0 Å². The fourth-order valence-electron chi connectivity index (χ4n) is 10.5. The summed E-state index contributed by atoms with van der Waals surface area (Å²) in [6.45, 7) is 4.83. The van der Waals surface area contributed by atoms with Gasteiger partial charge in [0.05, 0.1) is 39.9 Å². The normalized spacial score (nSPS) is 13.9. The molecule has 3 N–H and O–H groups in total. The van der Waals surface area contributed by atoms with E-state index in [0.717, 1.165) is 44.9 Å². The van der Waals surface area contributed by atoms with Crippen LogP contribution in [0.2, 0.25) is 0 Å². The van der Waals surface area contributed by atoms with E-state index in [4.69, 9.17) is 9.05 Å². The molecule has 0 radical (unpaired) electrons. The molecule has 0 spiro atoms. The third-order valence-corrected chi connectivity index (χ3v) is 17.0. The number of aliphatic hydroxyl groups excluding tert-OH is 1. The van der Waals surface area contributed by atoms with Crippen LogP contribution in [0.4, 0.5) is 0 Å². The van der Waals surface area contributed by atoms with Crippen molar-refractivity contribution >= 4 is 13.7 Å². The van der Waals surface area contributed by atoms with Gasteiger partial charge in [-0.15, -0.1) is 0 Å². The van der Waals surface area contributed by atoms with Crippen LogP contribution in [0.15, 0.2) is 48.6 Å². The quantitative estimate of drug-likeness (QED) is 0.0243. The number of carbonyl (C=O) groups excluding carboxylic acids is 1. The van der Waals surface area contributed by atoms with Crippen molar-refractivity contribution in [2.24, 2.45) is 0 Å². The van der Waals surface area contributed by atoms with E-state index < -0.39 is 20.0 Å². The first-order chi connectivity index (χ1) is 39.0. The molecule has 8 nitrogen and oxygen atoms in total. The zero-order valence-corrected chi connectivity index (χ0v) is 55.0. The number of nitrogens with zero attached hydrogens (tertiary/aromatic N) is 1. The molecule has 0 saturated carbocycles. The van der Waals surface area contributed by atoms with E-state index in [1.807, 2.05) is 27.2 Å². The Kier molecular flexibility index (Phi) is 60.8. The fourth-order valence-corrected chi connectivity index (χ4v) is 11.3. The van der Waals surface area contributed by atoms with Crippen LogP contribution in [-0.2, 0) is 18.4 Å². The number of phosphoric ester groups is 1. The standard InChI is InChI=1S/C71H137N2O6P/c1-6-8-10-12-14-16-18-20-22-24-26-27-28-29-30-31-32-33-34-35-36-37-38-39-40-41-42-43-44-45-47-49-51-53-55-57-59-61-63-65-71(75)72-69(68-79-80(76,77)78-67-66-73(3,4)5)70(74)64-62-60-58-56-54-52-50-48-46-25-23-21-19-17-15-13-11-9-7-2/h35-36,46,48,54,56,62,64,69-70,74H,6-34,37-45,47,49-53,55,57-61,63,65-68H2,1-5H3,(H-,72,75,76,77)/p+1/b36-35-,48-46+,56-54+,64-62+. The summed E-state index contributed by atoms with van der Waals surface area (Å²) >= 11 is 0. The minimum Gasteiger partial charge on any atom is -0.387 e. The van der Waals surface area contributed by atoms with Crippen LogP contribution < -0.4 is 5.32 Å². The van der Waals surface area contributed by atoms with Gasteiger partial charge in [-0.25, -0.2) is 4.57 Å². The number of likely N-dealkylation sites (N-methyl/N-ethyl adjacent to an activating group) is 1. The number of nitrogens with one attached hydrogen (secondary N) is 1. The molecule has 9 heteroatoms. The molecule has 80 heavy (non-hydrogen) atoms. The van der Waals surface area contributed by atoms with E-state index in [1.54, 1.807) is 6.08 Å². The van der Waals surface area contributed by atoms with E-state index in [9.17, 15) is 19.4 Å². The number of allylic oxidation sites excluding steroid dienone is 7. The fraction of sp³-hybridized carbons (Fsp3) is 0.873. The number of carbonyl (C=O) groups is 1. The Hall–Kier alpha value is -1.54. The first-order valence-electron chi connectivity index (χ1n) is 35.0. The molecular formula is C71H138N2O6P+. The predicted molar refractivity (Wildman–Crippen MR) is 351 cm³/mol. The second kappa shape index (κ2) is 62.0. The summed E-state index contributed by atoms with van der Waals surface area (Å²) in [6, 6.07) is -0.871. The van der Waals surface area contributed by atoms with Crippen LogP contribution in [0.5, 0.6) is 0 Å². The largest absolute Gasteiger partial charge is 0.472 e. The molecule has 0 aromatic rings. The van der Waals surface area contributed by atoms with Gasteiger partial charge in [0.2, 0.25) is 5.91 Å². The van der Waals surface area contributed by atoms with Crippen LogP contribution >= 0.6 is 7.82 Å². The maximum Gasteiger partial charge on any atom is 0.472 e. The smallest absolute Gasteiger partial charge is 0.387 e. The van der Waals surface area contributed by atoms with Crippen LogP contribution in [0.3, 0.4) is 0 Å². The van der Waals surface area contributed by atoms with Crippen LogP contribution in [0.25, 0.3) is 0 Å². The Balaban J connectivity index is 3.97. The topological polar surface area (TPSA) is 105 Å². The van der Waals surface area contributed by atoms with E-state index in [2.05, 4.69) is 55.6 Å². The molecule has 0 bridgehead atoms. The molecule has 0 aromatic carbocycles. The average Bonchev–Trinajstić information content (AvgIpc) is 3.42. The Morgan fingerprint density at radius 3 is 1.00 bits per heavy atom. The van der Waals surface area contributed by atoms with Gasteiger partial charge in [0.15, 0.2) is 0 Å². The van der Waals surface area contributed by atoms with Crippen LogP contribution in [-0.4, -0.2) is 73.4 Å². The van der Waals surface area contributed by atoms with Crippen molar-refractivity contribution < 1.29 is 32.9 Å². The second-order valence-electron chi connectivity index (χ2n) is 25.2. The number of aliphatic hydroxyl groups is 1. The van der Waals surface area contributed by atoms with Gasteiger partial charge in [0.25, 0.3) is 0 Å². The zero-order chi connectivity index (χ0) is 58.4. The summed E-state index contributed by atoms with van der Waals surface area (Å²) in [4.78, 5) is 23.4. The van der Waals surface area contributed by atoms with Crippen LogP contribution in [0, 0.1) is 0 Å². The number of quaternary nitrogens is 1. The molecule has 0 fully saturated rings. The van der Waals surface area contributed by atoms with Gasteiger partial charge in [0, 0.05) is 6.42 Å². The molecule has 3 unspecified atom stereocenters. The Labute approximate surface area is 499 Å². The summed E-state index contributed by atoms with van der Waals surface area (Å²) in [7, 11) is 1.56. The number of hydrogen-bond donors (Lipinski definition) is 3. The van der Waals surface area contributed by atoms with E-state index in [-0.39, 0.29) is 19.1 Å². The molecule has 0 aromatic heterocycles. The minimum atomic E-state index is -4.36. The molecule has 1 amide bonds. The van der Waals surface area contributed by atoms with Crippen molar-refractivity contribution in [2.45, 2.75) is 360 Å². The first kappa shape index (κ1) is 78.5. The molecule has 0 aliphatic heterocycles. The van der Waals surface area contributed by atoms with Gasteiger partial charge in [0.1, 0.15) is 13.2 Å².